The summed E-state index contributed by atoms with van der Waals surface area (Å²) in [6, 6.07) is -2.22. The molecule has 0 aromatic rings. The van der Waals surface area contributed by atoms with Gasteiger partial charge in [-0.1, -0.05) is 0 Å². The van der Waals surface area contributed by atoms with Gasteiger partial charge < -0.3 is 31.1 Å². The summed E-state index contributed by atoms with van der Waals surface area (Å²) in [6.45, 7) is 3.62. The minimum absolute atomic E-state index is 0.210. The van der Waals surface area contributed by atoms with E-state index in [9.17, 15) is 19.5 Å². The monoisotopic (exact) mass is 288 g/mol. The number of nitrogens with zero attached hydrogens (tertiary/aromatic N) is 1. The summed E-state index contributed by atoms with van der Waals surface area (Å²) in [5.74, 6) is -1.57. The zero-order valence-corrected chi connectivity index (χ0v) is 11.3. The standard InChI is InChI=1S/C11H20N4O5/c1-7(16)9(10(18)19)14-11(20)13-6-8(17)15-4-2-12-3-5-15/h7,9,12,16H,2-6H2,1H3,(H,18,19)(H2,13,14,20). The number of piperazine rings is 1. The molecule has 0 spiro atoms. The zero-order chi connectivity index (χ0) is 15.1. The maximum absolute atomic E-state index is 11.7. The van der Waals surface area contributed by atoms with Crippen LogP contribution in [0.3, 0.4) is 0 Å². The van der Waals surface area contributed by atoms with Gasteiger partial charge in [0.2, 0.25) is 5.91 Å². The average molecular weight is 288 g/mol. The molecule has 3 amide bonds. The molecule has 1 saturated heterocycles. The molecule has 9 heteroatoms. The van der Waals surface area contributed by atoms with E-state index in [2.05, 4.69) is 16.0 Å². The fourth-order valence-electron chi connectivity index (χ4n) is 1.76. The first-order valence-electron chi connectivity index (χ1n) is 6.35. The molecule has 2 unspecified atom stereocenters. The Morgan fingerprint density at radius 1 is 1.30 bits per heavy atom. The maximum Gasteiger partial charge on any atom is 0.328 e. The van der Waals surface area contributed by atoms with Crippen molar-refractivity contribution in [3.63, 3.8) is 0 Å². The number of hydrogen-bond donors (Lipinski definition) is 5. The van der Waals surface area contributed by atoms with Crippen molar-refractivity contribution in [2.75, 3.05) is 32.7 Å². The van der Waals surface area contributed by atoms with Gasteiger partial charge in [0.25, 0.3) is 0 Å². The Morgan fingerprint density at radius 2 is 1.90 bits per heavy atom. The van der Waals surface area contributed by atoms with Gasteiger partial charge in [-0.05, 0) is 6.92 Å². The summed E-state index contributed by atoms with van der Waals surface area (Å²) in [4.78, 5) is 35.6. The average Bonchev–Trinajstić information content (AvgIpc) is 2.42. The van der Waals surface area contributed by atoms with Crippen LogP contribution in [0.15, 0.2) is 0 Å². The molecule has 114 valence electrons. The zero-order valence-electron chi connectivity index (χ0n) is 11.3. The van der Waals surface area contributed by atoms with Crippen LogP contribution in [-0.4, -0.2) is 77.9 Å². The first-order valence-corrected chi connectivity index (χ1v) is 6.35. The number of urea groups is 1. The van der Waals surface area contributed by atoms with E-state index in [0.717, 1.165) is 0 Å². The van der Waals surface area contributed by atoms with Crippen molar-refractivity contribution >= 4 is 17.9 Å². The van der Waals surface area contributed by atoms with E-state index in [1.165, 1.54) is 6.92 Å². The summed E-state index contributed by atoms with van der Waals surface area (Å²) >= 11 is 0. The van der Waals surface area contributed by atoms with E-state index in [1.54, 1.807) is 4.90 Å². The molecule has 0 saturated carbocycles. The Hall–Kier alpha value is -1.87. The number of nitrogens with one attached hydrogen (secondary N) is 3. The Labute approximate surface area is 116 Å². The molecule has 5 N–H and O–H groups in total. The molecule has 0 aliphatic carbocycles. The highest BCUT2D eigenvalue weighted by Crippen LogP contribution is 1.94. The molecule has 1 aliphatic rings. The molecule has 1 fully saturated rings. The van der Waals surface area contributed by atoms with Gasteiger partial charge in [-0.15, -0.1) is 0 Å². The van der Waals surface area contributed by atoms with Crippen LogP contribution in [0.1, 0.15) is 6.92 Å². The van der Waals surface area contributed by atoms with E-state index < -0.39 is 24.1 Å². The Balaban J connectivity index is 2.34. The van der Waals surface area contributed by atoms with E-state index in [-0.39, 0.29) is 12.5 Å². The molecular weight excluding hydrogens is 268 g/mol. The Bertz CT molecular complexity index is 368. The van der Waals surface area contributed by atoms with E-state index >= 15 is 0 Å². The van der Waals surface area contributed by atoms with Crippen molar-refractivity contribution in [2.45, 2.75) is 19.1 Å². The first-order chi connectivity index (χ1) is 9.41. The number of aliphatic carboxylic acids is 1. The highest BCUT2D eigenvalue weighted by Gasteiger charge is 2.25. The van der Waals surface area contributed by atoms with Gasteiger partial charge in [0.15, 0.2) is 6.04 Å². The van der Waals surface area contributed by atoms with E-state index in [1.807, 2.05) is 0 Å². The van der Waals surface area contributed by atoms with Crippen LogP contribution in [0.2, 0.25) is 0 Å². The summed E-state index contributed by atoms with van der Waals surface area (Å²) in [5, 5.41) is 25.5. The first kappa shape index (κ1) is 16.2. The summed E-state index contributed by atoms with van der Waals surface area (Å²) < 4.78 is 0. The topological polar surface area (TPSA) is 131 Å². The van der Waals surface area contributed by atoms with Gasteiger partial charge in [-0.25, -0.2) is 9.59 Å². The molecular formula is C11H20N4O5. The summed E-state index contributed by atoms with van der Waals surface area (Å²) in [7, 11) is 0. The second-order valence-corrected chi connectivity index (χ2v) is 4.51. The molecule has 0 bridgehead atoms. The lowest BCUT2D eigenvalue weighted by atomic mass is 10.2. The molecule has 1 rings (SSSR count). The SMILES string of the molecule is CC(O)C(NC(=O)NCC(=O)N1CCNCC1)C(=O)O. The highest BCUT2D eigenvalue weighted by molar-refractivity contribution is 5.86. The van der Waals surface area contributed by atoms with Crippen molar-refractivity contribution in [3.05, 3.63) is 0 Å². The van der Waals surface area contributed by atoms with Crippen molar-refractivity contribution in [2.24, 2.45) is 0 Å². The molecule has 2 atom stereocenters. The third-order valence-corrected chi connectivity index (χ3v) is 2.90. The molecule has 1 heterocycles. The lowest BCUT2D eigenvalue weighted by Crippen LogP contribution is -2.54. The van der Waals surface area contributed by atoms with Crippen molar-refractivity contribution in [1.29, 1.82) is 0 Å². The molecule has 0 aromatic carbocycles. The third kappa shape index (κ3) is 5.02. The lowest BCUT2D eigenvalue weighted by Gasteiger charge is -2.27. The molecule has 9 nitrogen and oxygen atoms in total. The number of amides is 3. The predicted octanol–water partition coefficient (Wildman–Crippen LogP) is -2.45. The van der Waals surface area contributed by atoms with E-state index in [0.29, 0.717) is 26.2 Å². The van der Waals surface area contributed by atoms with Crippen molar-refractivity contribution in [1.82, 2.24) is 20.9 Å². The molecule has 1 aliphatic heterocycles. The van der Waals surface area contributed by atoms with Crippen molar-refractivity contribution in [3.8, 4) is 0 Å². The summed E-state index contributed by atoms with van der Waals surface area (Å²) in [6.07, 6.45) is -1.23. The van der Waals surface area contributed by atoms with Crippen molar-refractivity contribution < 1.29 is 24.6 Å². The Kier molecular flexibility index (Phi) is 6.19. The third-order valence-electron chi connectivity index (χ3n) is 2.90. The number of aliphatic hydroxyl groups excluding tert-OH is 1. The normalized spacial score (nSPS) is 18.0. The second-order valence-electron chi connectivity index (χ2n) is 4.51. The van der Waals surface area contributed by atoms with Crippen LogP contribution < -0.4 is 16.0 Å². The van der Waals surface area contributed by atoms with Gasteiger partial charge in [-0.2, -0.15) is 0 Å². The van der Waals surface area contributed by atoms with Crippen LogP contribution in [0, 0.1) is 0 Å². The predicted molar refractivity (Wildman–Crippen MR) is 69.1 cm³/mol. The number of rotatable bonds is 5. The van der Waals surface area contributed by atoms with Gasteiger partial charge in [0.1, 0.15) is 0 Å². The largest absolute Gasteiger partial charge is 0.480 e. The second kappa shape index (κ2) is 7.65. The quantitative estimate of drug-likeness (QED) is 0.382. The van der Waals surface area contributed by atoms with Gasteiger partial charge in [0, 0.05) is 26.2 Å². The molecule has 0 aromatic heterocycles. The number of carbonyl (C=O) groups excluding carboxylic acids is 2. The number of aliphatic hydroxyl groups is 1. The van der Waals surface area contributed by atoms with Crippen LogP contribution >= 0.6 is 0 Å². The number of carboxylic acid groups (broad SMARTS) is 1. The van der Waals surface area contributed by atoms with Crippen LogP contribution in [0.25, 0.3) is 0 Å². The van der Waals surface area contributed by atoms with Crippen LogP contribution in [-0.2, 0) is 9.59 Å². The number of carbonyl (C=O) groups is 3. The fourth-order valence-corrected chi connectivity index (χ4v) is 1.76. The number of hydrogen-bond acceptors (Lipinski definition) is 5. The maximum atomic E-state index is 11.7. The minimum Gasteiger partial charge on any atom is -0.480 e. The van der Waals surface area contributed by atoms with Crippen LogP contribution in [0.5, 0.6) is 0 Å². The van der Waals surface area contributed by atoms with Gasteiger partial charge in [0.05, 0.1) is 12.6 Å². The Morgan fingerprint density at radius 3 is 2.40 bits per heavy atom. The van der Waals surface area contributed by atoms with Gasteiger partial charge in [-0.3, -0.25) is 4.79 Å². The number of carboxylic acids is 1. The summed E-state index contributed by atoms with van der Waals surface area (Å²) in [5.41, 5.74) is 0. The fraction of sp³-hybridized carbons (Fsp3) is 0.727. The highest BCUT2D eigenvalue weighted by atomic mass is 16.4. The van der Waals surface area contributed by atoms with Crippen LogP contribution in [0.4, 0.5) is 4.79 Å². The molecule has 0 radical (unpaired) electrons. The minimum atomic E-state index is -1.41. The van der Waals surface area contributed by atoms with Gasteiger partial charge >= 0.3 is 12.0 Å². The lowest BCUT2D eigenvalue weighted by molar-refractivity contribution is -0.141. The molecule has 20 heavy (non-hydrogen) atoms. The van der Waals surface area contributed by atoms with E-state index in [4.69, 9.17) is 5.11 Å². The smallest absolute Gasteiger partial charge is 0.328 e.